The van der Waals surface area contributed by atoms with E-state index < -0.39 is 0 Å². The van der Waals surface area contributed by atoms with Gasteiger partial charge in [-0.1, -0.05) is 54.1 Å². The first-order valence-corrected chi connectivity index (χ1v) is 6.54. The number of nitrogens with zero attached hydrogens (tertiary/aromatic N) is 1. The van der Waals surface area contributed by atoms with Gasteiger partial charge in [-0.05, 0) is 43.5 Å². The van der Waals surface area contributed by atoms with Gasteiger partial charge in [0.05, 0.1) is 5.69 Å². The van der Waals surface area contributed by atoms with Crippen LogP contribution in [-0.2, 0) is 0 Å². The molecule has 0 bridgehead atoms. The summed E-state index contributed by atoms with van der Waals surface area (Å²) < 4.78 is 0. The highest BCUT2D eigenvalue weighted by molar-refractivity contribution is 6.10. The highest BCUT2D eigenvalue weighted by atomic mass is 14.7. The number of para-hydroxylation sites is 1. The van der Waals surface area contributed by atoms with Crippen LogP contribution >= 0.6 is 0 Å². The van der Waals surface area contributed by atoms with E-state index in [2.05, 4.69) is 55.2 Å². The van der Waals surface area contributed by atoms with Gasteiger partial charge in [-0.2, -0.15) is 0 Å². The second kappa shape index (κ2) is 6.14. The van der Waals surface area contributed by atoms with E-state index in [9.17, 15) is 0 Å². The molecule has 2 aromatic rings. The molecule has 96 valence electrons. The lowest BCUT2D eigenvalue weighted by Crippen LogP contribution is -1.87. The number of rotatable bonds is 3. The van der Waals surface area contributed by atoms with Crippen LogP contribution < -0.4 is 0 Å². The molecule has 0 aromatic heterocycles. The fourth-order valence-electron chi connectivity index (χ4n) is 1.99. The Hall–Kier alpha value is -2.15. The van der Waals surface area contributed by atoms with Crippen LogP contribution in [0.3, 0.4) is 0 Å². The molecule has 0 saturated heterocycles. The molecule has 0 fully saturated rings. The van der Waals surface area contributed by atoms with E-state index in [-0.39, 0.29) is 0 Å². The molecule has 0 spiro atoms. The van der Waals surface area contributed by atoms with Gasteiger partial charge in [-0.3, -0.25) is 4.99 Å². The number of hydrogen-bond donors (Lipinski definition) is 0. The summed E-state index contributed by atoms with van der Waals surface area (Å²) in [7, 11) is 0. The molecule has 0 aliphatic carbocycles. The van der Waals surface area contributed by atoms with Crippen LogP contribution in [0.1, 0.15) is 23.6 Å². The Morgan fingerprint density at radius 3 is 2.47 bits per heavy atom. The summed E-state index contributed by atoms with van der Waals surface area (Å²) in [6.45, 7) is 6.23. The quantitative estimate of drug-likeness (QED) is 0.670. The molecule has 1 nitrogen and oxygen atoms in total. The average Bonchev–Trinajstić information content (AvgIpc) is 2.41. The zero-order valence-corrected chi connectivity index (χ0v) is 11.7. The number of hydrogen-bond acceptors (Lipinski definition) is 1. The largest absolute Gasteiger partial charge is 0.256 e. The van der Waals surface area contributed by atoms with Crippen LogP contribution in [0.4, 0.5) is 5.69 Å². The Kier molecular flexibility index (Phi) is 4.30. The van der Waals surface area contributed by atoms with Gasteiger partial charge in [0.1, 0.15) is 0 Å². The van der Waals surface area contributed by atoms with Crippen molar-refractivity contribution in [3.8, 4) is 0 Å². The van der Waals surface area contributed by atoms with Gasteiger partial charge in [-0.15, -0.1) is 0 Å². The molecule has 0 unspecified atom stereocenters. The Morgan fingerprint density at radius 1 is 1.00 bits per heavy atom. The Balaban J connectivity index is 2.28. The van der Waals surface area contributed by atoms with Crippen LogP contribution in [0, 0.1) is 13.8 Å². The maximum Gasteiger partial charge on any atom is 0.0659 e. The lowest BCUT2D eigenvalue weighted by atomic mass is 10.0. The molecular weight excluding hydrogens is 230 g/mol. The van der Waals surface area contributed by atoms with Crippen molar-refractivity contribution < 1.29 is 0 Å². The predicted molar refractivity (Wildman–Crippen MR) is 84.2 cm³/mol. The maximum absolute atomic E-state index is 4.59. The fraction of sp³-hybridized carbons (Fsp3) is 0.167. The van der Waals surface area contributed by atoms with Gasteiger partial charge >= 0.3 is 0 Å². The fourth-order valence-corrected chi connectivity index (χ4v) is 1.99. The smallest absolute Gasteiger partial charge is 0.0659 e. The minimum Gasteiger partial charge on any atom is -0.256 e. The standard InChI is InChI=1S/C18H19N/c1-4-16(17-10-7-8-14(2)12-17)13-19-18-11-6-5-9-15(18)3/h4-13H,1-3H3/b16-4+,19-13?. The number of allylic oxidation sites excluding steroid dienone is 2. The Bertz CT molecular complexity index is 621. The van der Waals surface area contributed by atoms with Crippen molar-refractivity contribution in [1.29, 1.82) is 0 Å². The molecule has 0 amide bonds. The van der Waals surface area contributed by atoms with E-state index in [0.717, 1.165) is 11.3 Å². The molecule has 2 aromatic carbocycles. The average molecular weight is 249 g/mol. The highest BCUT2D eigenvalue weighted by Gasteiger charge is 1.98. The van der Waals surface area contributed by atoms with Crippen LogP contribution in [0.5, 0.6) is 0 Å². The summed E-state index contributed by atoms with van der Waals surface area (Å²) in [6.07, 6.45) is 4.04. The third-order valence-electron chi connectivity index (χ3n) is 3.12. The van der Waals surface area contributed by atoms with Gasteiger partial charge in [0.2, 0.25) is 0 Å². The third kappa shape index (κ3) is 3.41. The van der Waals surface area contributed by atoms with Crippen LogP contribution in [0.15, 0.2) is 59.6 Å². The molecule has 0 heterocycles. The number of aliphatic imine (C=N–C) groups is 1. The second-order valence-electron chi connectivity index (χ2n) is 4.66. The molecule has 0 saturated carbocycles. The third-order valence-corrected chi connectivity index (χ3v) is 3.12. The maximum atomic E-state index is 4.59. The first kappa shape index (κ1) is 13.3. The van der Waals surface area contributed by atoms with Gasteiger partial charge in [0, 0.05) is 6.21 Å². The van der Waals surface area contributed by atoms with Crippen molar-refractivity contribution in [2.24, 2.45) is 4.99 Å². The molecule has 2 rings (SSSR count). The summed E-state index contributed by atoms with van der Waals surface area (Å²) in [4.78, 5) is 4.59. The van der Waals surface area contributed by atoms with Crippen molar-refractivity contribution in [2.75, 3.05) is 0 Å². The van der Waals surface area contributed by atoms with Crippen LogP contribution in [-0.4, -0.2) is 6.21 Å². The van der Waals surface area contributed by atoms with E-state index in [4.69, 9.17) is 0 Å². The SMILES string of the molecule is C/C=C(\C=Nc1ccccc1C)c1cccc(C)c1. The summed E-state index contributed by atoms with van der Waals surface area (Å²) in [6, 6.07) is 16.6. The van der Waals surface area contributed by atoms with Crippen LogP contribution in [0.2, 0.25) is 0 Å². The van der Waals surface area contributed by atoms with Crippen molar-refractivity contribution >= 4 is 17.5 Å². The summed E-state index contributed by atoms with van der Waals surface area (Å²) in [5.41, 5.74) is 5.83. The van der Waals surface area contributed by atoms with Crippen molar-refractivity contribution in [1.82, 2.24) is 0 Å². The Labute approximate surface area is 115 Å². The van der Waals surface area contributed by atoms with Gasteiger partial charge in [0.25, 0.3) is 0 Å². The van der Waals surface area contributed by atoms with E-state index in [1.54, 1.807) is 0 Å². The summed E-state index contributed by atoms with van der Waals surface area (Å²) >= 11 is 0. The first-order valence-electron chi connectivity index (χ1n) is 6.54. The molecule has 1 heteroatoms. The van der Waals surface area contributed by atoms with Gasteiger partial charge in [-0.25, -0.2) is 0 Å². The predicted octanol–water partition coefficient (Wildman–Crippen LogP) is 5.11. The molecule has 0 aliphatic rings. The van der Waals surface area contributed by atoms with Gasteiger partial charge in [0.15, 0.2) is 0 Å². The van der Waals surface area contributed by atoms with E-state index >= 15 is 0 Å². The number of benzene rings is 2. The number of aryl methyl sites for hydroxylation is 2. The molecule has 0 N–H and O–H groups in total. The topological polar surface area (TPSA) is 12.4 Å². The zero-order chi connectivity index (χ0) is 13.7. The van der Waals surface area contributed by atoms with Gasteiger partial charge < -0.3 is 0 Å². The van der Waals surface area contributed by atoms with Crippen molar-refractivity contribution in [3.63, 3.8) is 0 Å². The molecule has 0 aliphatic heterocycles. The lowest BCUT2D eigenvalue weighted by Gasteiger charge is -2.04. The minimum absolute atomic E-state index is 1.02. The van der Waals surface area contributed by atoms with E-state index in [0.29, 0.717) is 0 Å². The lowest BCUT2D eigenvalue weighted by molar-refractivity contribution is 1.40. The zero-order valence-electron chi connectivity index (χ0n) is 11.7. The molecule has 19 heavy (non-hydrogen) atoms. The Morgan fingerprint density at radius 2 is 1.79 bits per heavy atom. The normalized spacial score (nSPS) is 12.1. The first-order chi connectivity index (χ1) is 9.20. The molecular formula is C18H19N. The molecule has 0 radical (unpaired) electrons. The highest BCUT2D eigenvalue weighted by Crippen LogP contribution is 2.19. The van der Waals surface area contributed by atoms with Crippen molar-refractivity contribution in [2.45, 2.75) is 20.8 Å². The second-order valence-corrected chi connectivity index (χ2v) is 4.66. The van der Waals surface area contributed by atoms with Crippen molar-refractivity contribution in [3.05, 3.63) is 71.3 Å². The minimum atomic E-state index is 1.02. The van der Waals surface area contributed by atoms with E-state index in [1.165, 1.54) is 16.7 Å². The van der Waals surface area contributed by atoms with E-state index in [1.807, 2.05) is 31.3 Å². The summed E-state index contributed by atoms with van der Waals surface area (Å²) in [5.74, 6) is 0. The molecule has 0 atom stereocenters. The summed E-state index contributed by atoms with van der Waals surface area (Å²) in [5, 5.41) is 0. The van der Waals surface area contributed by atoms with Crippen LogP contribution in [0.25, 0.3) is 5.57 Å². The monoisotopic (exact) mass is 249 g/mol.